The van der Waals surface area contributed by atoms with E-state index in [9.17, 15) is 14.4 Å². The average Bonchev–Trinajstić information content (AvgIpc) is 2.98. The van der Waals surface area contributed by atoms with E-state index in [0.717, 1.165) is 22.6 Å². The molecule has 1 heterocycles. The highest BCUT2D eigenvalue weighted by molar-refractivity contribution is 5.98. The molecule has 2 rings (SSSR count). The number of hydrogen-bond acceptors (Lipinski definition) is 6. The summed E-state index contributed by atoms with van der Waals surface area (Å²) in [4.78, 5) is 35.6. The molecule has 1 aromatic heterocycles. The summed E-state index contributed by atoms with van der Waals surface area (Å²) >= 11 is 0. The molecule has 0 spiro atoms. The fourth-order valence-corrected chi connectivity index (χ4v) is 3.03. The van der Waals surface area contributed by atoms with E-state index >= 15 is 0 Å². The van der Waals surface area contributed by atoms with Gasteiger partial charge in [0.05, 0.1) is 25.6 Å². The van der Waals surface area contributed by atoms with E-state index in [-0.39, 0.29) is 11.9 Å². The lowest BCUT2D eigenvalue weighted by atomic mass is 10.0. The summed E-state index contributed by atoms with van der Waals surface area (Å²) in [7, 11) is 2.65. The number of amides is 1. The van der Waals surface area contributed by atoms with Crippen molar-refractivity contribution in [3.63, 3.8) is 0 Å². The first-order chi connectivity index (χ1) is 13.6. The van der Waals surface area contributed by atoms with E-state index in [1.165, 1.54) is 14.2 Å². The van der Waals surface area contributed by atoms with Gasteiger partial charge in [0.2, 0.25) is 0 Å². The van der Waals surface area contributed by atoms with E-state index in [1.54, 1.807) is 42.8 Å². The number of rotatable bonds is 7. The van der Waals surface area contributed by atoms with Gasteiger partial charge in [-0.15, -0.1) is 0 Å². The Bertz CT molecular complexity index is 913. The molecule has 0 atom stereocenters. The van der Waals surface area contributed by atoms with Crippen LogP contribution in [0.2, 0.25) is 0 Å². The van der Waals surface area contributed by atoms with E-state index in [0.29, 0.717) is 18.4 Å². The van der Waals surface area contributed by atoms with Gasteiger partial charge in [0, 0.05) is 17.7 Å². The maximum atomic E-state index is 12.4. The molecule has 0 aliphatic heterocycles. The predicted octanol–water partition coefficient (Wildman–Crippen LogP) is 2.28. The van der Waals surface area contributed by atoms with Crippen molar-refractivity contribution in [2.75, 3.05) is 14.2 Å². The van der Waals surface area contributed by atoms with Crippen LogP contribution in [0, 0.1) is 13.8 Å². The smallest absolute Gasteiger partial charge is 0.330 e. The summed E-state index contributed by atoms with van der Waals surface area (Å²) in [5, 5.41) is 7.22. The molecular weight excluding hydrogens is 374 g/mol. The summed E-state index contributed by atoms with van der Waals surface area (Å²) in [5.74, 6) is -1.16. The van der Waals surface area contributed by atoms with Crippen LogP contribution < -0.4 is 5.32 Å². The molecule has 0 saturated carbocycles. The Balaban J connectivity index is 2.19. The van der Waals surface area contributed by atoms with Gasteiger partial charge in [0.25, 0.3) is 5.91 Å². The molecular formula is C21H27N3O5. The van der Waals surface area contributed by atoms with Crippen LogP contribution >= 0.6 is 0 Å². The number of nitrogens with zero attached hydrogens (tertiary/aromatic N) is 2. The SMILES string of the molecule is COC(=O)CCc1c(C)nn(-c2ccc(C(=O)NC(C)(C)C(=O)OC)cc2)c1C. The number of aryl methyl sites for hydroxylation is 1. The fraction of sp³-hybridized carbons (Fsp3) is 0.429. The van der Waals surface area contributed by atoms with Crippen molar-refractivity contribution in [1.29, 1.82) is 0 Å². The van der Waals surface area contributed by atoms with Crippen molar-refractivity contribution in [2.24, 2.45) is 0 Å². The van der Waals surface area contributed by atoms with Gasteiger partial charge in [-0.05, 0) is 63.9 Å². The molecule has 0 saturated heterocycles. The number of aromatic nitrogens is 2. The molecule has 0 fully saturated rings. The lowest BCUT2D eigenvalue weighted by Crippen LogP contribution is -2.50. The van der Waals surface area contributed by atoms with Gasteiger partial charge < -0.3 is 14.8 Å². The second kappa shape index (κ2) is 8.89. The van der Waals surface area contributed by atoms with Crippen LogP contribution in [0.1, 0.15) is 47.6 Å². The maximum Gasteiger partial charge on any atom is 0.330 e. The molecule has 1 amide bonds. The summed E-state index contributed by atoms with van der Waals surface area (Å²) in [6.07, 6.45) is 0.840. The molecule has 29 heavy (non-hydrogen) atoms. The van der Waals surface area contributed by atoms with Crippen molar-refractivity contribution in [3.05, 3.63) is 46.8 Å². The van der Waals surface area contributed by atoms with Gasteiger partial charge in [-0.1, -0.05) is 0 Å². The number of carbonyl (C=O) groups is 3. The van der Waals surface area contributed by atoms with Gasteiger partial charge in [-0.3, -0.25) is 9.59 Å². The molecule has 8 heteroatoms. The second-order valence-corrected chi connectivity index (χ2v) is 7.25. The molecule has 156 valence electrons. The minimum Gasteiger partial charge on any atom is -0.469 e. The Morgan fingerprint density at radius 3 is 2.24 bits per heavy atom. The Labute approximate surface area is 170 Å². The van der Waals surface area contributed by atoms with Crippen molar-refractivity contribution in [3.8, 4) is 5.69 Å². The molecule has 0 aliphatic carbocycles. The number of methoxy groups -OCH3 is 2. The van der Waals surface area contributed by atoms with Gasteiger partial charge in [-0.25, -0.2) is 9.48 Å². The number of carbonyl (C=O) groups excluding carboxylic acids is 3. The zero-order valence-electron chi connectivity index (χ0n) is 17.7. The normalized spacial score (nSPS) is 11.1. The van der Waals surface area contributed by atoms with E-state index in [2.05, 4.69) is 10.4 Å². The standard InChI is InChI=1S/C21H27N3O5/c1-13-17(11-12-18(25)28-5)14(2)24(23-13)16-9-7-15(8-10-16)19(26)22-21(3,4)20(27)29-6/h7-10H,11-12H2,1-6H3,(H,22,26). The minimum absolute atomic E-state index is 0.262. The zero-order chi connectivity index (χ0) is 21.8. The first kappa shape index (κ1) is 22.1. The zero-order valence-corrected chi connectivity index (χ0v) is 17.7. The van der Waals surface area contributed by atoms with Crippen molar-refractivity contribution in [2.45, 2.75) is 46.1 Å². The van der Waals surface area contributed by atoms with E-state index in [4.69, 9.17) is 9.47 Å². The summed E-state index contributed by atoms with van der Waals surface area (Å²) in [5.41, 5.74) is 2.84. The Hall–Kier alpha value is -3.16. The first-order valence-corrected chi connectivity index (χ1v) is 9.24. The lowest BCUT2D eigenvalue weighted by molar-refractivity contribution is -0.146. The highest BCUT2D eigenvalue weighted by Crippen LogP contribution is 2.20. The Morgan fingerprint density at radius 2 is 1.69 bits per heavy atom. The second-order valence-electron chi connectivity index (χ2n) is 7.25. The Kier molecular flexibility index (Phi) is 6.79. The average molecular weight is 401 g/mol. The third-order valence-electron chi connectivity index (χ3n) is 4.74. The van der Waals surface area contributed by atoms with Gasteiger partial charge >= 0.3 is 11.9 Å². The van der Waals surface area contributed by atoms with Crippen molar-refractivity contribution >= 4 is 17.8 Å². The molecule has 1 N–H and O–H groups in total. The largest absolute Gasteiger partial charge is 0.469 e. The van der Waals surface area contributed by atoms with Crippen LogP contribution in [0.3, 0.4) is 0 Å². The van der Waals surface area contributed by atoms with Gasteiger partial charge in [0.1, 0.15) is 5.54 Å². The highest BCUT2D eigenvalue weighted by atomic mass is 16.5. The van der Waals surface area contributed by atoms with Crippen LogP contribution in [0.15, 0.2) is 24.3 Å². The maximum absolute atomic E-state index is 12.4. The third-order valence-corrected chi connectivity index (χ3v) is 4.74. The molecule has 0 aliphatic rings. The van der Waals surface area contributed by atoms with Crippen molar-refractivity contribution in [1.82, 2.24) is 15.1 Å². The number of hydrogen-bond donors (Lipinski definition) is 1. The van der Waals surface area contributed by atoms with Crippen LogP contribution in [0.5, 0.6) is 0 Å². The molecule has 0 unspecified atom stereocenters. The molecule has 0 radical (unpaired) electrons. The number of benzene rings is 1. The monoisotopic (exact) mass is 401 g/mol. The third kappa shape index (κ3) is 5.01. The van der Waals surface area contributed by atoms with Crippen molar-refractivity contribution < 1.29 is 23.9 Å². The van der Waals surface area contributed by atoms with Crippen LogP contribution in [-0.2, 0) is 25.5 Å². The summed E-state index contributed by atoms with van der Waals surface area (Å²) < 4.78 is 11.2. The quantitative estimate of drug-likeness (QED) is 0.715. The molecule has 8 nitrogen and oxygen atoms in total. The number of ether oxygens (including phenoxy) is 2. The molecule has 1 aromatic carbocycles. The molecule has 0 bridgehead atoms. The van der Waals surface area contributed by atoms with Crippen LogP contribution in [-0.4, -0.2) is 47.4 Å². The number of nitrogens with one attached hydrogen (secondary N) is 1. The number of esters is 2. The lowest BCUT2D eigenvalue weighted by Gasteiger charge is -2.23. The fourth-order valence-electron chi connectivity index (χ4n) is 3.03. The van der Waals surface area contributed by atoms with E-state index < -0.39 is 11.5 Å². The predicted molar refractivity (Wildman–Crippen MR) is 107 cm³/mol. The molecule has 2 aromatic rings. The summed E-state index contributed by atoms with van der Waals surface area (Å²) in [6, 6.07) is 6.90. The van der Waals surface area contributed by atoms with Gasteiger partial charge in [-0.2, -0.15) is 5.10 Å². The summed E-state index contributed by atoms with van der Waals surface area (Å²) in [6.45, 7) is 6.99. The topological polar surface area (TPSA) is 99.5 Å². The van der Waals surface area contributed by atoms with Gasteiger partial charge in [0.15, 0.2) is 0 Å². The Morgan fingerprint density at radius 1 is 1.07 bits per heavy atom. The van der Waals surface area contributed by atoms with Crippen LogP contribution in [0.4, 0.5) is 0 Å². The minimum atomic E-state index is -1.13. The van der Waals surface area contributed by atoms with E-state index in [1.807, 2.05) is 13.8 Å². The highest BCUT2D eigenvalue weighted by Gasteiger charge is 2.30. The first-order valence-electron chi connectivity index (χ1n) is 9.24. The van der Waals surface area contributed by atoms with Crippen LogP contribution in [0.25, 0.3) is 5.69 Å².